The Bertz CT molecular complexity index is 2610. The number of alkyl halides is 3. The molecule has 2 saturated heterocycles. The van der Waals surface area contributed by atoms with E-state index in [-0.39, 0.29) is 54.8 Å². The summed E-state index contributed by atoms with van der Waals surface area (Å²) >= 11 is 1.56. The van der Waals surface area contributed by atoms with Gasteiger partial charge in [0.2, 0.25) is 17.7 Å². The molecular formula is C48H56F3N9O7S. The number of nitrogens with one attached hydrogen (secondary N) is 4. The summed E-state index contributed by atoms with van der Waals surface area (Å²) in [5, 5.41) is 25.0. The Morgan fingerprint density at radius 1 is 1.00 bits per heavy atom. The zero-order valence-electron chi connectivity index (χ0n) is 38.8. The lowest BCUT2D eigenvalue weighted by Crippen LogP contribution is -2.58. The molecule has 2 aliphatic heterocycles. The number of amides is 4. The third-order valence-corrected chi connectivity index (χ3v) is 13.2. The Kier molecular flexibility index (Phi) is 14.9. The zero-order chi connectivity index (χ0) is 49.1. The van der Waals surface area contributed by atoms with Crippen LogP contribution in [0.2, 0.25) is 0 Å². The number of H-pyrrole nitrogens is 1. The molecule has 0 aliphatic carbocycles. The number of aryl methyl sites for hydroxylation is 1. The van der Waals surface area contributed by atoms with E-state index in [2.05, 4.69) is 35.9 Å². The Morgan fingerprint density at radius 3 is 2.40 bits per heavy atom. The van der Waals surface area contributed by atoms with Crippen LogP contribution in [0.1, 0.15) is 87.4 Å². The zero-order valence-corrected chi connectivity index (χ0v) is 39.6. The first-order valence-corrected chi connectivity index (χ1v) is 23.1. The van der Waals surface area contributed by atoms with Crippen LogP contribution in [0.4, 0.5) is 24.5 Å². The minimum absolute atomic E-state index is 0.0301. The van der Waals surface area contributed by atoms with Gasteiger partial charge in [0.25, 0.3) is 5.91 Å². The monoisotopic (exact) mass is 959 g/mol. The average molecular weight is 960 g/mol. The summed E-state index contributed by atoms with van der Waals surface area (Å²) in [6.07, 6.45) is -4.57. The molecule has 4 amide bonds. The summed E-state index contributed by atoms with van der Waals surface area (Å²) in [7, 11) is 1.47. The largest absolute Gasteiger partial charge is 0.494 e. The molecule has 0 spiro atoms. The first-order chi connectivity index (χ1) is 32.2. The number of likely N-dealkylation sites (tertiary alicyclic amines) is 1. The van der Waals surface area contributed by atoms with Gasteiger partial charge < -0.3 is 40.3 Å². The number of halogens is 3. The number of aromatic amines is 1. The smallest absolute Gasteiger partial charge is 0.432 e. The number of β-amino-alcohol motifs (C(OH)–C–C–N with tert-alkyl or cyclic N) is 1. The molecule has 2 aromatic carbocycles. The van der Waals surface area contributed by atoms with Gasteiger partial charge in [-0.2, -0.15) is 18.3 Å². The number of rotatable bonds is 14. The minimum atomic E-state index is -4.61. The van der Waals surface area contributed by atoms with Gasteiger partial charge >= 0.3 is 6.18 Å². The number of pyridine rings is 1. The Hall–Kier alpha value is -6.38. The van der Waals surface area contributed by atoms with Gasteiger partial charge in [0.15, 0.2) is 0 Å². The molecule has 16 nitrogen and oxygen atoms in total. The number of hydrogen-bond donors (Lipinski definition) is 5. The maximum absolute atomic E-state index is 14.2. The number of carbonyl (C=O) groups is 4. The third kappa shape index (κ3) is 11.5. The van der Waals surface area contributed by atoms with Gasteiger partial charge in [-0.3, -0.25) is 24.3 Å². The second-order valence-electron chi connectivity index (χ2n) is 18.3. The number of anilines is 2. The Labute approximate surface area is 396 Å². The maximum Gasteiger partial charge on any atom is 0.432 e. The molecule has 6 atom stereocenters. The summed E-state index contributed by atoms with van der Waals surface area (Å²) in [6.45, 7) is 11.5. The fraction of sp³-hybridized carbons (Fsp3) is 0.438. The van der Waals surface area contributed by atoms with Crippen LogP contribution < -0.4 is 25.6 Å². The molecule has 20 heteroatoms. The van der Waals surface area contributed by atoms with Crippen LogP contribution in [0.5, 0.6) is 5.75 Å². The molecule has 5 heterocycles. The first-order valence-electron chi connectivity index (χ1n) is 22.3. The van der Waals surface area contributed by atoms with E-state index in [0.29, 0.717) is 30.8 Å². The van der Waals surface area contributed by atoms with Crippen molar-refractivity contribution in [2.24, 2.45) is 5.41 Å². The Morgan fingerprint density at radius 2 is 1.75 bits per heavy atom. The van der Waals surface area contributed by atoms with Crippen molar-refractivity contribution >= 4 is 46.3 Å². The molecule has 5 aromatic rings. The number of piperidine rings is 1. The van der Waals surface area contributed by atoms with Crippen molar-refractivity contribution in [2.45, 2.75) is 103 Å². The summed E-state index contributed by atoms with van der Waals surface area (Å²) in [6, 6.07) is 16.0. The van der Waals surface area contributed by atoms with E-state index in [1.54, 1.807) is 29.0 Å². The fourth-order valence-corrected chi connectivity index (χ4v) is 9.34. The van der Waals surface area contributed by atoms with E-state index in [4.69, 9.17) is 9.47 Å². The lowest BCUT2D eigenvalue weighted by atomic mass is 9.85. The molecule has 362 valence electrons. The van der Waals surface area contributed by atoms with Crippen molar-refractivity contribution in [2.75, 3.05) is 37.0 Å². The lowest BCUT2D eigenvalue weighted by molar-refractivity contribution is -0.145. The molecule has 0 unspecified atom stereocenters. The van der Waals surface area contributed by atoms with Crippen molar-refractivity contribution < 1.29 is 46.9 Å². The summed E-state index contributed by atoms with van der Waals surface area (Å²) < 4.78 is 51.1. The topological polar surface area (TPSA) is 204 Å². The standard InChI is InChI=1S/C48H56F3N9O7S/c1-26-19-33(17-18-59(26)31-15-16-35(39(20-31)66-7)55-44(63)36-10-8-9-34(54-36)37-22-40(58-57-37)48(49,50)51)67-24-41(62)56-43(47(4,5)6)46(65)60-23-32(61)21-38(60)45(64)53-27(2)29-11-13-30(14-12-29)42-28(3)52-25-68-42/h8-16,20,22,25-27,32-33,38,43,61H,17-19,21,23-24H2,1-7H3,(H,53,64)(H,55,63)(H,56,62)(H,57,58)/t26-,27-,32+,33-,38-,43+/m0/s1. The third-order valence-electron chi connectivity index (χ3n) is 12.2. The number of methoxy groups -OCH3 is 1. The van der Waals surface area contributed by atoms with Crippen LogP contribution >= 0.6 is 11.3 Å². The molecule has 5 N–H and O–H groups in total. The minimum Gasteiger partial charge on any atom is -0.494 e. The number of benzene rings is 2. The molecule has 2 fully saturated rings. The highest BCUT2D eigenvalue weighted by atomic mass is 32.1. The van der Waals surface area contributed by atoms with Gasteiger partial charge in [-0.1, -0.05) is 51.1 Å². The summed E-state index contributed by atoms with van der Waals surface area (Å²) in [5.74, 6) is -1.59. The van der Waals surface area contributed by atoms with E-state index < -0.39 is 59.1 Å². The van der Waals surface area contributed by atoms with E-state index in [1.807, 2.05) is 77.0 Å². The summed E-state index contributed by atoms with van der Waals surface area (Å²) in [4.78, 5) is 67.8. The van der Waals surface area contributed by atoms with Crippen molar-refractivity contribution in [3.63, 3.8) is 0 Å². The number of ether oxygens (including phenoxy) is 2. The van der Waals surface area contributed by atoms with Crippen LogP contribution in [-0.2, 0) is 25.3 Å². The second-order valence-corrected chi connectivity index (χ2v) is 19.1. The predicted octanol–water partition coefficient (Wildman–Crippen LogP) is 6.93. The van der Waals surface area contributed by atoms with Gasteiger partial charge in [-0.15, -0.1) is 11.3 Å². The lowest BCUT2D eigenvalue weighted by Gasteiger charge is -2.39. The summed E-state index contributed by atoms with van der Waals surface area (Å²) in [5.41, 5.74) is 4.03. The van der Waals surface area contributed by atoms with Gasteiger partial charge in [-0.25, -0.2) is 9.97 Å². The van der Waals surface area contributed by atoms with Gasteiger partial charge in [0.05, 0.1) is 52.8 Å². The van der Waals surface area contributed by atoms with Crippen LogP contribution in [0.15, 0.2) is 72.2 Å². The molecule has 3 aromatic heterocycles. The van der Waals surface area contributed by atoms with Crippen molar-refractivity contribution in [1.82, 2.24) is 35.7 Å². The SMILES string of the molecule is COc1cc(N2CC[C@H](OCC(=O)N[C@H](C(=O)N3C[C@H](O)C[C@H]3C(=O)N[C@@H](C)c3ccc(-c4scnc4C)cc3)C(C)(C)C)C[C@@H]2C)ccc1NC(=O)c1cccc(-c2cc(C(F)(F)F)[nH]n2)n1. The number of aromatic nitrogens is 4. The van der Waals surface area contributed by atoms with Crippen LogP contribution in [0, 0.1) is 12.3 Å². The van der Waals surface area contributed by atoms with E-state index >= 15 is 0 Å². The molecule has 0 radical (unpaired) electrons. The average Bonchev–Trinajstić information content (AvgIpc) is 4.08. The van der Waals surface area contributed by atoms with Gasteiger partial charge in [0, 0.05) is 37.3 Å². The quantitative estimate of drug-likeness (QED) is 0.0773. The highest BCUT2D eigenvalue weighted by Gasteiger charge is 2.45. The maximum atomic E-state index is 14.2. The molecule has 68 heavy (non-hydrogen) atoms. The number of aliphatic hydroxyl groups excluding tert-OH is 1. The normalized spacial score (nSPS) is 19.6. The molecular weight excluding hydrogens is 904 g/mol. The molecule has 7 rings (SSSR count). The molecule has 0 bridgehead atoms. The number of nitrogens with zero attached hydrogens (tertiary/aromatic N) is 5. The van der Waals surface area contributed by atoms with Crippen LogP contribution in [-0.4, -0.2) is 111 Å². The van der Waals surface area contributed by atoms with E-state index in [9.17, 15) is 37.5 Å². The van der Waals surface area contributed by atoms with Crippen molar-refractivity contribution in [3.8, 4) is 27.6 Å². The number of hydrogen-bond acceptors (Lipinski definition) is 12. The molecule has 2 aliphatic rings. The van der Waals surface area contributed by atoms with Crippen molar-refractivity contribution in [1.29, 1.82) is 0 Å². The van der Waals surface area contributed by atoms with Crippen LogP contribution in [0.25, 0.3) is 21.8 Å². The van der Waals surface area contributed by atoms with Crippen molar-refractivity contribution in [3.05, 3.63) is 94.9 Å². The number of thiazole rings is 1. The number of aliphatic hydroxyl groups is 1. The Balaban J connectivity index is 0.913. The van der Waals surface area contributed by atoms with Gasteiger partial charge in [0.1, 0.15) is 41.5 Å². The van der Waals surface area contributed by atoms with E-state index in [1.165, 1.54) is 30.2 Å². The highest BCUT2D eigenvalue weighted by molar-refractivity contribution is 7.13. The number of carbonyl (C=O) groups excluding carboxylic acids is 4. The highest BCUT2D eigenvalue weighted by Crippen LogP contribution is 2.35. The van der Waals surface area contributed by atoms with Crippen LogP contribution in [0.3, 0.4) is 0 Å². The predicted molar refractivity (Wildman–Crippen MR) is 250 cm³/mol. The van der Waals surface area contributed by atoms with E-state index in [0.717, 1.165) is 33.5 Å². The fourth-order valence-electron chi connectivity index (χ4n) is 8.53. The molecule has 0 saturated carbocycles. The van der Waals surface area contributed by atoms with Gasteiger partial charge in [-0.05, 0) is 80.5 Å². The second kappa shape index (κ2) is 20.5. The first kappa shape index (κ1) is 49.5.